The van der Waals surface area contributed by atoms with E-state index in [1.807, 2.05) is 39.0 Å². The summed E-state index contributed by atoms with van der Waals surface area (Å²) in [5.41, 5.74) is 0.663. The molecule has 7 nitrogen and oxygen atoms in total. The molecule has 1 rings (SSSR count). The number of nitrogens with zero attached hydrogens (tertiary/aromatic N) is 1. The Morgan fingerprint density at radius 2 is 1.54 bits per heavy atom. The number of anilines is 1. The average Bonchev–Trinajstić information content (AvgIpc) is 2.58. The first-order valence-electron chi connectivity index (χ1n) is 9.11. The van der Waals surface area contributed by atoms with Crippen LogP contribution in [0.3, 0.4) is 0 Å². The van der Waals surface area contributed by atoms with Crippen LogP contribution in [0.5, 0.6) is 0 Å². The minimum absolute atomic E-state index is 0.383. The quantitative estimate of drug-likeness (QED) is 0.308. The molecular formula is C19H33N5O2. The molecule has 1 amide bonds. The van der Waals surface area contributed by atoms with Crippen molar-refractivity contribution in [2.75, 3.05) is 38.5 Å². The van der Waals surface area contributed by atoms with Gasteiger partial charge in [0.05, 0.1) is 0 Å². The number of rotatable bonds is 9. The largest absolute Gasteiger partial charge is 0.444 e. The predicted molar refractivity (Wildman–Crippen MR) is 108 cm³/mol. The summed E-state index contributed by atoms with van der Waals surface area (Å²) < 4.78 is 5.18. The summed E-state index contributed by atoms with van der Waals surface area (Å²) in [6, 6.07) is 10.2. The summed E-state index contributed by atoms with van der Waals surface area (Å²) in [5.74, 6) is 0.766. The minimum atomic E-state index is -0.469. The standard InChI is InChI=1S/C19H33N5O2/c1-19(2,3)26-18(25)24-15-9-14-23-17(20-4)22-13-8-12-21-16-10-6-5-7-11-16/h5-7,10-11,21H,8-9,12-15H2,1-4H3,(H,24,25)(H2,20,22,23). The van der Waals surface area contributed by atoms with Crippen molar-refractivity contribution in [2.24, 2.45) is 4.99 Å². The number of para-hydroxylation sites is 1. The maximum atomic E-state index is 11.5. The normalized spacial score (nSPS) is 11.6. The molecule has 7 heteroatoms. The smallest absolute Gasteiger partial charge is 0.407 e. The molecule has 4 N–H and O–H groups in total. The lowest BCUT2D eigenvalue weighted by molar-refractivity contribution is 0.0527. The fraction of sp³-hybridized carbons (Fsp3) is 0.579. The fourth-order valence-electron chi connectivity index (χ4n) is 2.10. The number of alkyl carbamates (subject to hydrolysis) is 1. The molecule has 0 radical (unpaired) electrons. The third-order valence-corrected chi connectivity index (χ3v) is 3.29. The molecule has 1 aromatic rings. The molecule has 146 valence electrons. The number of carbonyl (C=O) groups is 1. The van der Waals surface area contributed by atoms with Gasteiger partial charge in [0, 0.05) is 38.9 Å². The molecule has 0 unspecified atom stereocenters. The van der Waals surface area contributed by atoms with Crippen LogP contribution in [0.15, 0.2) is 35.3 Å². The van der Waals surface area contributed by atoms with Gasteiger partial charge in [0.15, 0.2) is 5.96 Å². The van der Waals surface area contributed by atoms with Crippen molar-refractivity contribution in [1.82, 2.24) is 16.0 Å². The van der Waals surface area contributed by atoms with Gasteiger partial charge >= 0.3 is 6.09 Å². The average molecular weight is 364 g/mol. The van der Waals surface area contributed by atoms with Crippen molar-refractivity contribution in [1.29, 1.82) is 0 Å². The predicted octanol–water partition coefficient (Wildman–Crippen LogP) is 2.57. The Hall–Kier alpha value is -2.44. The zero-order valence-electron chi connectivity index (χ0n) is 16.4. The van der Waals surface area contributed by atoms with E-state index < -0.39 is 5.60 Å². The number of hydrogen-bond donors (Lipinski definition) is 4. The number of benzene rings is 1. The third-order valence-electron chi connectivity index (χ3n) is 3.29. The lowest BCUT2D eigenvalue weighted by atomic mass is 10.2. The van der Waals surface area contributed by atoms with Crippen LogP contribution in [-0.4, -0.2) is 50.9 Å². The molecule has 0 aliphatic rings. The van der Waals surface area contributed by atoms with Gasteiger partial charge in [-0.25, -0.2) is 4.79 Å². The Labute approximate surface area is 157 Å². The van der Waals surface area contributed by atoms with Crippen LogP contribution >= 0.6 is 0 Å². The van der Waals surface area contributed by atoms with Gasteiger partial charge < -0.3 is 26.0 Å². The maximum absolute atomic E-state index is 11.5. The fourth-order valence-corrected chi connectivity index (χ4v) is 2.10. The molecule has 0 saturated heterocycles. The van der Waals surface area contributed by atoms with E-state index >= 15 is 0 Å². The molecule has 26 heavy (non-hydrogen) atoms. The van der Waals surface area contributed by atoms with Gasteiger partial charge in [-0.2, -0.15) is 0 Å². The number of nitrogens with one attached hydrogen (secondary N) is 4. The molecule has 0 aliphatic carbocycles. The SMILES string of the molecule is CN=C(NCCCNC(=O)OC(C)(C)C)NCCCNc1ccccc1. The molecule has 1 aromatic carbocycles. The second kappa shape index (κ2) is 12.0. The van der Waals surface area contributed by atoms with Crippen molar-refractivity contribution in [3.05, 3.63) is 30.3 Å². The maximum Gasteiger partial charge on any atom is 0.407 e. The van der Waals surface area contributed by atoms with Gasteiger partial charge in [0.25, 0.3) is 0 Å². The highest BCUT2D eigenvalue weighted by atomic mass is 16.6. The Morgan fingerprint density at radius 3 is 2.12 bits per heavy atom. The van der Waals surface area contributed by atoms with Crippen molar-refractivity contribution >= 4 is 17.7 Å². The van der Waals surface area contributed by atoms with E-state index in [-0.39, 0.29) is 6.09 Å². The molecule has 0 bridgehead atoms. The van der Waals surface area contributed by atoms with E-state index in [1.54, 1.807) is 7.05 Å². The highest BCUT2D eigenvalue weighted by Gasteiger charge is 2.15. The second-order valence-electron chi connectivity index (χ2n) is 6.85. The van der Waals surface area contributed by atoms with E-state index in [2.05, 4.69) is 38.4 Å². The van der Waals surface area contributed by atoms with E-state index in [4.69, 9.17) is 4.74 Å². The Balaban J connectivity index is 2.04. The summed E-state index contributed by atoms with van der Waals surface area (Å²) in [6.07, 6.45) is 1.39. The second-order valence-corrected chi connectivity index (χ2v) is 6.85. The lowest BCUT2D eigenvalue weighted by Crippen LogP contribution is -2.40. The molecular weight excluding hydrogens is 330 g/mol. The number of aliphatic imine (C=N–C) groups is 1. The van der Waals surface area contributed by atoms with Crippen molar-refractivity contribution in [2.45, 2.75) is 39.2 Å². The molecule has 0 aromatic heterocycles. The first-order valence-corrected chi connectivity index (χ1v) is 9.11. The Morgan fingerprint density at radius 1 is 0.962 bits per heavy atom. The molecule has 0 saturated carbocycles. The monoisotopic (exact) mass is 363 g/mol. The van der Waals surface area contributed by atoms with E-state index in [0.717, 1.165) is 44.1 Å². The minimum Gasteiger partial charge on any atom is -0.444 e. The van der Waals surface area contributed by atoms with Crippen LogP contribution < -0.4 is 21.3 Å². The van der Waals surface area contributed by atoms with Crippen molar-refractivity contribution in [3.63, 3.8) is 0 Å². The topological polar surface area (TPSA) is 86.8 Å². The number of guanidine groups is 1. The van der Waals surface area contributed by atoms with Crippen LogP contribution in [0.4, 0.5) is 10.5 Å². The van der Waals surface area contributed by atoms with Gasteiger partial charge in [-0.15, -0.1) is 0 Å². The Kier molecular flexibility index (Phi) is 9.97. The highest BCUT2D eigenvalue weighted by Crippen LogP contribution is 2.06. The van der Waals surface area contributed by atoms with E-state index in [0.29, 0.717) is 6.54 Å². The first kappa shape index (κ1) is 21.6. The zero-order valence-corrected chi connectivity index (χ0v) is 16.4. The third kappa shape index (κ3) is 11.2. The van der Waals surface area contributed by atoms with Crippen molar-refractivity contribution < 1.29 is 9.53 Å². The van der Waals surface area contributed by atoms with Gasteiger partial charge in [0.1, 0.15) is 5.60 Å². The number of ether oxygens (including phenoxy) is 1. The van der Waals surface area contributed by atoms with Crippen LogP contribution in [-0.2, 0) is 4.74 Å². The summed E-state index contributed by atoms with van der Waals surface area (Å²) in [5, 5.41) is 12.6. The zero-order chi connectivity index (χ0) is 19.3. The van der Waals surface area contributed by atoms with Gasteiger partial charge in [0.2, 0.25) is 0 Å². The van der Waals surface area contributed by atoms with Gasteiger partial charge in [-0.05, 0) is 45.7 Å². The molecule has 0 atom stereocenters. The summed E-state index contributed by atoms with van der Waals surface area (Å²) >= 11 is 0. The summed E-state index contributed by atoms with van der Waals surface area (Å²) in [7, 11) is 1.75. The molecule has 0 spiro atoms. The lowest BCUT2D eigenvalue weighted by Gasteiger charge is -2.19. The summed E-state index contributed by atoms with van der Waals surface area (Å²) in [4.78, 5) is 15.7. The van der Waals surface area contributed by atoms with Gasteiger partial charge in [-0.3, -0.25) is 4.99 Å². The molecule has 0 heterocycles. The van der Waals surface area contributed by atoms with Crippen LogP contribution in [0, 0.1) is 0 Å². The van der Waals surface area contributed by atoms with Crippen molar-refractivity contribution in [3.8, 4) is 0 Å². The molecule has 0 fully saturated rings. The first-order chi connectivity index (χ1) is 12.4. The summed E-state index contributed by atoms with van der Waals surface area (Å²) in [6.45, 7) is 8.54. The number of hydrogen-bond acceptors (Lipinski definition) is 4. The van der Waals surface area contributed by atoms with E-state index in [1.165, 1.54) is 0 Å². The molecule has 0 aliphatic heterocycles. The van der Waals surface area contributed by atoms with Crippen LogP contribution in [0.1, 0.15) is 33.6 Å². The van der Waals surface area contributed by atoms with Crippen LogP contribution in [0.25, 0.3) is 0 Å². The van der Waals surface area contributed by atoms with Crippen LogP contribution in [0.2, 0.25) is 0 Å². The number of carbonyl (C=O) groups excluding carboxylic acids is 1. The van der Waals surface area contributed by atoms with E-state index in [9.17, 15) is 4.79 Å². The Bertz CT molecular complexity index is 541. The van der Waals surface area contributed by atoms with Gasteiger partial charge in [-0.1, -0.05) is 18.2 Å². The highest BCUT2D eigenvalue weighted by molar-refractivity contribution is 5.79. The number of amides is 1.